The molecule has 198 valence electrons. The maximum Gasteiger partial charge on any atom is 0.327 e. The van der Waals surface area contributed by atoms with Crippen LogP contribution in [-0.2, 0) is 20.6 Å². The van der Waals surface area contributed by atoms with E-state index in [1.54, 1.807) is 0 Å². The standard InChI is InChI=1S/C22H28F2N3O8P/c1-14-20(29)21(30)18(22(31)25-10-15-3-4-16(23)9-19(15)24)12-27(14)17(5-7-35-2)11-26(13-28)6-8-36(32,33)34/h3-4,9,12-13,17,29H,5-8,10-11H2,1-2H3,(H,25,31)(H2,32,33,34)/t17-/m0/s1. The SMILES string of the molecule is COCC[C@@H](CN(C=O)CCP(=O)(O)O)n1cc(C(=O)NCc2ccc(F)cc2F)c(=O)c(O)c1C. The van der Waals surface area contributed by atoms with Crippen LogP contribution in [0, 0.1) is 18.6 Å². The van der Waals surface area contributed by atoms with Crippen molar-refractivity contribution in [2.75, 3.05) is 33.0 Å². The predicted octanol–water partition coefficient (Wildman–Crippen LogP) is 1.28. The third kappa shape index (κ3) is 7.95. The van der Waals surface area contributed by atoms with Gasteiger partial charge >= 0.3 is 7.60 Å². The molecule has 1 aromatic carbocycles. The number of aromatic nitrogens is 1. The average Bonchev–Trinajstić information content (AvgIpc) is 2.81. The van der Waals surface area contributed by atoms with E-state index in [1.807, 2.05) is 0 Å². The zero-order valence-electron chi connectivity index (χ0n) is 19.7. The molecule has 14 heteroatoms. The topological polar surface area (TPSA) is 158 Å². The third-order valence-electron chi connectivity index (χ3n) is 5.48. The molecule has 0 aliphatic carbocycles. The molecule has 2 amide bonds. The summed E-state index contributed by atoms with van der Waals surface area (Å²) in [7, 11) is -2.93. The largest absolute Gasteiger partial charge is 0.503 e. The number of hydrogen-bond acceptors (Lipinski definition) is 6. The molecule has 0 saturated heterocycles. The van der Waals surface area contributed by atoms with Gasteiger partial charge in [0.2, 0.25) is 11.8 Å². The molecule has 2 aromatic rings. The van der Waals surface area contributed by atoms with E-state index >= 15 is 0 Å². The fourth-order valence-electron chi connectivity index (χ4n) is 3.47. The first-order valence-corrected chi connectivity index (χ1v) is 12.6. The van der Waals surface area contributed by atoms with Gasteiger partial charge in [-0.25, -0.2) is 8.78 Å². The van der Waals surface area contributed by atoms with Gasteiger partial charge in [-0.2, -0.15) is 0 Å². The van der Waals surface area contributed by atoms with Gasteiger partial charge in [-0.15, -0.1) is 0 Å². The first-order valence-electron chi connectivity index (χ1n) is 10.8. The molecule has 2 rings (SSSR count). The van der Waals surface area contributed by atoms with Crippen molar-refractivity contribution in [3.8, 4) is 5.75 Å². The molecule has 0 radical (unpaired) electrons. The molecule has 0 unspecified atom stereocenters. The van der Waals surface area contributed by atoms with Crippen LogP contribution in [0.4, 0.5) is 8.78 Å². The second-order valence-electron chi connectivity index (χ2n) is 8.06. The molecule has 4 N–H and O–H groups in total. The van der Waals surface area contributed by atoms with E-state index < -0.39 is 54.1 Å². The highest BCUT2D eigenvalue weighted by atomic mass is 31.2. The van der Waals surface area contributed by atoms with E-state index in [4.69, 9.17) is 14.5 Å². The number of ether oxygens (including phenoxy) is 1. The summed E-state index contributed by atoms with van der Waals surface area (Å²) in [5, 5.41) is 12.8. The summed E-state index contributed by atoms with van der Waals surface area (Å²) in [6, 6.07) is 2.15. The van der Waals surface area contributed by atoms with E-state index in [2.05, 4.69) is 5.32 Å². The summed E-state index contributed by atoms with van der Waals surface area (Å²) in [5.74, 6) is -3.32. The number of amides is 2. The van der Waals surface area contributed by atoms with Gasteiger partial charge in [0.05, 0.1) is 17.9 Å². The van der Waals surface area contributed by atoms with Crippen molar-refractivity contribution in [2.24, 2.45) is 0 Å². The summed E-state index contributed by atoms with van der Waals surface area (Å²) in [4.78, 5) is 56.2. The Morgan fingerprint density at radius 1 is 1.33 bits per heavy atom. The Hall–Kier alpha value is -3.12. The van der Waals surface area contributed by atoms with Crippen LogP contribution in [-0.4, -0.2) is 69.6 Å². The number of nitrogens with one attached hydrogen (secondary N) is 1. The van der Waals surface area contributed by atoms with Crippen LogP contribution in [0.25, 0.3) is 0 Å². The number of carbonyl (C=O) groups is 2. The molecule has 0 spiro atoms. The molecular weight excluding hydrogens is 503 g/mol. The van der Waals surface area contributed by atoms with Gasteiger partial charge in [-0.1, -0.05) is 6.07 Å². The molecule has 1 atom stereocenters. The Balaban J connectivity index is 2.36. The minimum Gasteiger partial charge on any atom is -0.503 e. The van der Waals surface area contributed by atoms with Crippen molar-refractivity contribution in [2.45, 2.75) is 25.9 Å². The van der Waals surface area contributed by atoms with Gasteiger partial charge in [0, 0.05) is 51.2 Å². The number of nitrogens with zero attached hydrogens (tertiary/aromatic N) is 2. The number of carbonyl (C=O) groups excluding carboxylic acids is 2. The molecule has 0 bridgehead atoms. The normalized spacial score (nSPS) is 12.3. The number of pyridine rings is 1. The van der Waals surface area contributed by atoms with E-state index in [9.17, 15) is 32.8 Å². The minimum absolute atomic E-state index is 0.0222. The van der Waals surface area contributed by atoms with Crippen molar-refractivity contribution in [3.05, 3.63) is 63.1 Å². The second kappa shape index (κ2) is 12.7. The summed E-state index contributed by atoms with van der Waals surface area (Å²) in [6.45, 7) is 0.935. The van der Waals surface area contributed by atoms with Gasteiger partial charge in [0.25, 0.3) is 5.91 Å². The number of benzene rings is 1. The summed E-state index contributed by atoms with van der Waals surface area (Å²) in [5.41, 5.74) is -1.37. The number of aromatic hydroxyl groups is 1. The number of methoxy groups -OCH3 is 1. The fourth-order valence-corrected chi connectivity index (χ4v) is 3.99. The smallest absolute Gasteiger partial charge is 0.327 e. The Morgan fingerprint density at radius 3 is 2.61 bits per heavy atom. The van der Waals surface area contributed by atoms with E-state index in [1.165, 1.54) is 24.8 Å². The average molecular weight is 531 g/mol. The van der Waals surface area contributed by atoms with Crippen LogP contribution >= 0.6 is 7.60 Å². The number of halogens is 2. The molecule has 36 heavy (non-hydrogen) atoms. The van der Waals surface area contributed by atoms with E-state index in [-0.39, 0.29) is 43.9 Å². The maximum atomic E-state index is 13.9. The lowest BCUT2D eigenvalue weighted by molar-refractivity contribution is -0.118. The Kier molecular flexibility index (Phi) is 10.3. The molecule has 1 aromatic heterocycles. The molecule has 1 heterocycles. The van der Waals surface area contributed by atoms with Crippen molar-refractivity contribution in [3.63, 3.8) is 0 Å². The minimum atomic E-state index is -4.37. The summed E-state index contributed by atoms with van der Waals surface area (Å²) < 4.78 is 44.7. The van der Waals surface area contributed by atoms with Crippen LogP contribution in [0.1, 0.15) is 34.1 Å². The Morgan fingerprint density at radius 2 is 2.03 bits per heavy atom. The zero-order chi connectivity index (χ0) is 27.0. The van der Waals surface area contributed by atoms with Gasteiger partial charge in [0.15, 0.2) is 5.75 Å². The van der Waals surface area contributed by atoms with Crippen LogP contribution < -0.4 is 10.7 Å². The molecule has 0 fully saturated rings. The molecule has 0 saturated carbocycles. The molecule has 11 nitrogen and oxygen atoms in total. The summed E-state index contributed by atoms with van der Waals surface area (Å²) in [6.07, 6.45) is 1.28. The highest BCUT2D eigenvalue weighted by molar-refractivity contribution is 7.51. The lowest BCUT2D eigenvalue weighted by atomic mass is 10.1. The van der Waals surface area contributed by atoms with Gasteiger partial charge in [-0.05, 0) is 19.4 Å². The van der Waals surface area contributed by atoms with Crippen LogP contribution in [0.15, 0.2) is 29.2 Å². The first kappa shape index (κ1) is 29.1. The Labute approximate surface area is 205 Å². The van der Waals surface area contributed by atoms with Crippen molar-refractivity contribution in [1.82, 2.24) is 14.8 Å². The lowest BCUT2D eigenvalue weighted by Crippen LogP contribution is -2.35. The van der Waals surface area contributed by atoms with Crippen LogP contribution in [0.2, 0.25) is 0 Å². The molecule has 0 aliphatic rings. The van der Waals surface area contributed by atoms with Gasteiger partial charge in [-0.3, -0.25) is 18.9 Å². The maximum absolute atomic E-state index is 13.9. The first-order chi connectivity index (χ1) is 16.9. The summed E-state index contributed by atoms with van der Waals surface area (Å²) >= 11 is 0. The van der Waals surface area contributed by atoms with E-state index in [0.717, 1.165) is 17.0 Å². The quantitative estimate of drug-likeness (QED) is 0.222. The second-order valence-corrected chi connectivity index (χ2v) is 9.83. The van der Waals surface area contributed by atoms with Crippen molar-refractivity contribution >= 4 is 19.9 Å². The monoisotopic (exact) mass is 531 g/mol. The molecule has 0 aliphatic heterocycles. The lowest BCUT2D eigenvalue weighted by Gasteiger charge is -2.28. The van der Waals surface area contributed by atoms with Crippen molar-refractivity contribution < 1.29 is 42.6 Å². The van der Waals surface area contributed by atoms with Crippen LogP contribution in [0.3, 0.4) is 0 Å². The fraction of sp³-hybridized carbons (Fsp3) is 0.409. The highest BCUT2D eigenvalue weighted by Gasteiger charge is 2.24. The Bertz CT molecular complexity index is 1200. The highest BCUT2D eigenvalue weighted by Crippen LogP contribution is 2.33. The number of rotatable bonds is 13. The van der Waals surface area contributed by atoms with Crippen molar-refractivity contribution in [1.29, 1.82) is 0 Å². The van der Waals surface area contributed by atoms with E-state index in [0.29, 0.717) is 12.5 Å². The number of hydrogen-bond donors (Lipinski definition) is 4. The molecular formula is C22H28F2N3O8P. The van der Waals surface area contributed by atoms with Gasteiger partial charge < -0.3 is 34.4 Å². The predicted molar refractivity (Wildman–Crippen MR) is 125 cm³/mol. The zero-order valence-corrected chi connectivity index (χ0v) is 20.6. The third-order valence-corrected chi connectivity index (χ3v) is 6.26. The van der Waals surface area contributed by atoms with Crippen LogP contribution in [0.5, 0.6) is 5.75 Å². The van der Waals surface area contributed by atoms with Gasteiger partial charge in [0.1, 0.15) is 17.2 Å².